The summed E-state index contributed by atoms with van der Waals surface area (Å²) in [6.45, 7) is 1.92. The van der Waals surface area contributed by atoms with Gasteiger partial charge in [0.2, 0.25) is 5.91 Å². The number of hydrogen-bond donors (Lipinski definition) is 1. The Labute approximate surface area is 185 Å². The maximum absolute atomic E-state index is 13.3. The van der Waals surface area contributed by atoms with Gasteiger partial charge >= 0.3 is 0 Å². The molecule has 2 aromatic rings. The van der Waals surface area contributed by atoms with Crippen molar-refractivity contribution >= 4 is 22.6 Å². The average molecular weight is 422 g/mol. The van der Waals surface area contributed by atoms with E-state index in [1.807, 2.05) is 47.4 Å². The molecule has 0 radical (unpaired) electrons. The molecule has 166 valence electrons. The molecule has 2 aliphatic rings. The van der Waals surface area contributed by atoms with E-state index in [0.29, 0.717) is 19.6 Å². The lowest BCUT2D eigenvalue weighted by atomic mass is 9.80. The van der Waals surface area contributed by atoms with E-state index in [-0.39, 0.29) is 23.3 Å². The normalized spacial score (nSPS) is 21.3. The molecular formula is C26H35N3O2. The van der Waals surface area contributed by atoms with Crippen LogP contribution in [0.25, 0.3) is 10.8 Å². The highest BCUT2D eigenvalue weighted by Crippen LogP contribution is 2.32. The Morgan fingerprint density at radius 3 is 2.55 bits per heavy atom. The third-order valence-corrected chi connectivity index (χ3v) is 7.42. The Hall–Kier alpha value is -2.40. The highest BCUT2D eigenvalue weighted by molar-refractivity contribution is 6.07. The van der Waals surface area contributed by atoms with Gasteiger partial charge in [0.15, 0.2) is 0 Å². The summed E-state index contributed by atoms with van der Waals surface area (Å²) in [6.07, 6.45) is 7.73. The topological polar surface area (TPSA) is 52.7 Å². The van der Waals surface area contributed by atoms with E-state index >= 15 is 0 Å². The lowest BCUT2D eigenvalue weighted by molar-refractivity contribution is -0.127. The molecule has 4 rings (SSSR count). The van der Waals surface area contributed by atoms with Crippen molar-refractivity contribution in [2.75, 3.05) is 33.7 Å². The third-order valence-electron chi connectivity index (χ3n) is 7.42. The van der Waals surface area contributed by atoms with Crippen molar-refractivity contribution in [1.82, 2.24) is 15.1 Å². The summed E-state index contributed by atoms with van der Waals surface area (Å²) in [5.74, 6) is 0.00374. The molecule has 0 spiro atoms. The minimum absolute atomic E-state index is 0.0337. The van der Waals surface area contributed by atoms with Gasteiger partial charge in [0.05, 0.1) is 5.92 Å². The van der Waals surface area contributed by atoms with Crippen LogP contribution in [0.15, 0.2) is 42.5 Å². The second-order valence-electron chi connectivity index (χ2n) is 9.51. The molecule has 2 aromatic carbocycles. The molecule has 1 saturated heterocycles. The van der Waals surface area contributed by atoms with Crippen molar-refractivity contribution < 1.29 is 9.59 Å². The molecule has 2 amide bonds. The summed E-state index contributed by atoms with van der Waals surface area (Å²) in [7, 11) is 4.26. The number of rotatable bonds is 5. The Morgan fingerprint density at radius 2 is 1.77 bits per heavy atom. The maximum atomic E-state index is 13.3. The molecule has 1 N–H and O–H groups in total. The van der Waals surface area contributed by atoms with Gasteiger partial charge in [-0.05, 0) is 56.6 Å². The molecule has 31 heavy (non-hydrogen) atoms. The number of likely N-dealkylation sites (N-methyl/N-ethyl adjacent to an activating group) is 1. The number of fused-ring (bicyclic) bond motifs is 1. The maximum Gasteiger partial charge on any atom is 0.254 e. The standard InChI is InChI=1S/C26H35N3O2/c1-28(2)26(15-6-3-7-16-26)19-27-24(30)21-12-9-17-29(18-21)25(31)23-14-8-11-20-10-4-5-13-22(20)23/h4-5,8,10-11,13-14,21H,3,6-7,9,12,15-19H2,1-2H3,(H,27,30)/t21-/m0/s1. The fraction of sp³-hybridized carbons (Fsp3) is 0.538. The summed E-state index contributed by atoms with van der Waals surface area (Å²) in [4.78, 5) is 30.5. The molecule has 1 aliphatic carbocycles. The van der Waals surface area contributed by atoms with Crippen LogP contribution in [0, 0.1) is 5.92 Å². The van der Waals surface area contributed by atoms with E-state index in [2.05, 4.69) is 24.3 Å². The SMILES string of the molecule is CN(C)C1(CNC(=O)[C@H]2CCCN(C(=O)c3cccc4ccccc34)C2)CCCCC1. The van der Waals surface area contributed by atoms with E-state index < -0.39 is 0 Å². The number of likely N-dealkylation sites (tertiary alicyclic amines) is 1. The smallest absolute Gasteiger partial charge is 0.254 e. The number of carbonyl (C=O) groups is 2. The van der Waals surface area contributed by atoms with Crippen LogP contribution in [0.5, 0.6) is 0 Å². The summed E-state index contributed by atoms with van der Waals surface area (Å²) in [6, 6.07) is 13.9. The first-order valence-corrected chi connectivity index (χ1v) is 11.7. The lowest BCUT2D eigenvalue weighted by Gasteiger charge is -2.43. The minimum Gasteiger partial charge on any atom is -0.354 e. The minimum atomic E-state index is -0.129. The molecule has 1 saturated carbocycles. The zero-order chi connectivity index (χ0) is 21.8. The van der Waals surface area contributed by atoms with Crippen LogP contribution < -0.4 is 5.32 Å². The highest BCUT2D eigenvalue weighted by atomic mass is 16.2. The second-order valence-corrected chi connectivity index (χ2v) is 9.51. The number of piperidine rings is 1. The zero-order valence-electron chi connectivity index (χ0n) is 18.9. The van der Waals surface area contributed by atoms with Gasteiger partial charge in [0, 0.05) is 30.7 Å². The zero-order valence-corrected chi connectivity index (χ0v) is 18.9. The van der Waals surface area contributed by atoms with E-state index in [1.54, 1.807) is 0 Å². The van der Waals surface area contributed by atoms with Gasteiger partial charge in [-0.3, -0.25) is 9.59 Å². The predicted octanol–water partition coefficient (Wildman–Crippen LogP) is 4.07. The molecule has 0 unspecified atom stereocenters. The molecular weight excluding hydrogens is 386 g/mol. The molecule has 2 fully saturated rings. The lowest BCUT2D eigenvalue weighted by Crippen LogP contribution is -2.55. The fourth-order valence-electron chi connectivity index (χ4n) is 5.35. The van der Waals surface area contributed by atoms with Crippen LogP contribution in [0.3, 0.4) is 0 Å². The highest BCUT2D eigenvalue weighted by Gasteiger charge is 2.36. The van der Waals surface area contributed by atoms with Crippen molar-refractivity contribution in [2.45, 2.75) is 50.5 Å². The quantitative estimate of drug-likeness (QED) is 0.792. The fourth-order valence-corrected chi connectivity index (χ4v) is 5.35. The molecule has 1 atom stereocenters. The van der Waals surface area contributed by atoms with Crippen molar-refractivity contribution in [3.05, 3.63) is 48.0 Å². The number of hydrogen-bond acceptors (Lipinski definition) is 3. The summed E-state index contributed by atoms with van der Waals surface area (Å²) < 4.78 is 0. The van der Waals surface area contributed by atoms with Crippen LogP contribution in [-0.4, -0.2) is 60.9 Å². The monoisotopic (exact) mass is 421 g/mol. The first-order chi connectivity index (χ1) is 15.0. The summed E-state index contributed by atoms with van der Waals surface area (Å²) >= 11 is 0. The molecule has 1 heterocycles. The number of nitrogens with one attached hydrogen (secondary N) is 1. The van der Waals surface area contributed by atoms with Crippen LogP contribution in [0.2, 0.25) is 0 Å². The van der Waals surface area contributed by atoms with E-state index in [9.17, 15) is 9.59 Å². The Bertz CT molecular complexity index is 928. The molecule has 5 heteroatoms. The number of amides is 2. The Morgan fingerprint density at radius 1 is 1.03 bits per heavy atom. The summed E-state index contributed by atoms with van der Waals surface area (Å²) in [5.41, 5.74) is 0.800. The molecule has 0 bridgehead atoms. The van der Waals surface area contributed by atoms with Crippen molar-refractivity contribution in [2.24, 2.45) is 5.92 Å². The number of carbonyl (C=O) groups excluding carboxylic acids is 2. The van der Waals surface area contributed by atoms with E-state index in [1.165, 1.54) is 19.3 Å². The third kappa shape index (κ3) is 4.62. The van der Waals surface area contributed by atoms with Crippen molar-refractivity contribution in [1.29, 1.82) is 0 Å². The van der Waals surface area contributed by atoms with Crippen LogP contribution in [-0.2, 0) is 4.79 Å². The Kier molecular flexibility index (Phi) is 6.61. The molecule has 1 aliphatic heterocycles. The van der Waals surface area contributed by atoms with Crippen molar-refractivity contribution in [3.63, 3.8) is 0 Å². The number of benzene rings is 2. The van der Waals surface area contributed by atoms with Crippen LogP contribution in [0.4, 0.5) is 0 Å². The predicted molar refractivity (Wildman–Crippen MR) is 125 cm³/mol. The average Bonchev–Trinajstić information content (AvgIpc) is 2.82. The second kappa shape index (κ2) is 9.39. The number of nitrogens with zero attached hydrogens (tertiary/aromatic N) is 2. The van der Waals surface area contributed by atoms with Gasteiger partial charge in [-0.25, -0.2) is 0 Å². The largest absolute Gasteiger partial charge is 0.354 e. The first kappa shape index (κ1) is 21.8. The van der Waals surface area contributed by atoms with Gasteiger partial charge in [0.25, 0.3) is 5.91 Å². The summed E-state index contributed by atoms with van der Waals surface area (Å²) in [5, 5.41) is 5.30. The van der Waals surface area contributed by atoms with Crippen LogP contribution >= 0.6 is 0 Å². The van der Waals surface area contributed by atoms with Gasteiger partial charge in [-0.1, -0.05) is 55.7 Å². The first-order valence-electron chi connectivity index (χ1n) is 11.7. The van der Waals surface area contributed by atoms with Gasteiger partial charge in [-0.15, -0.1) is 0 Å². The van der Waals surface area contributed by atoms with E-state index in [4.69, 9.17) is 0 Å². The molecule has 0 aromatic heterocycles. The van der Waals surface area contributed by atoms with Gasteiger partial charge in [0.1, 0.15) is 0 Å². The Balaban J connectivity index is 1.42. The van der Waals surface area contributed by atoms with Crippen LogP contribution in [0.1, 0.15) is 55.3 Å². The van der Waals surface area contributed by atoms with Gasteiger partial charge in [-0.2, -0.15) is 0 Å². The van der Waals surface area contributed by atoms with Gasteiger partial charge < -0.3 is 15.1 Å². The molecule has 5 nitrogen and oxygen atoms in total. The van der Waals surface area contributed by atoms with E-state index in [0.717, 1.165) is 42.0 Å². The van der Waals surface area contributed by atoms with Crippen molar-refractivity contribution in [3.8, 4) is 0 Å².